The second-order valence-electron chi connectivity index (χ2n) is 15.6. The highest BCUT2D eigenvalue weighted by Crippen LogP contribution is 2.41. The van der Waals surface area contributed by atoms with E-state index in [1.807, 2.05) is 54.6 Å². The molecule has 0 radical (unpaired) electrons. The van der Waals surface area contributed by atoms with E-state index in [0.717, 1.165) is 88.3 Å². The van der Waals surface area contributed by atoms with E-state index in [4.69, 9.17) is 19.4 Å². The van der Waals surface area contributed by atoms with Crippen molar-refractivity contribution in [1.82, 2.24) is 19.5 Å². The van der Waals surface area contributed by atoms with Gasteiger partial charge in [0.15, 0.2) is 11.6 Å². The molecule has 0 spiro atoms. The monoisotopic (exact) mass is 792 g/mol. The van der Waals surface area contributed by atoms with Gasteiger partial charge in [-0.1, -0.05) is 182 Å². The van der Waals surface area contributed by atoms with Crippen LogP contribution in [0.1, 0.15) is 0 Å². The van der Waals surface area contributed by atoms with Gasteiger partial charge in [0.25, 0.3) is 0 Å². The first-order valence-corrected chi connectivity index (χ1v) is 20.8. The van der Waals surface area contributed by atoms with Crippen LogP contribution in [0.3, 0.4) is 0 Å². The molecule has 290 valence electrons. The van der Waals surface area contributed by atoms with Gasteiger partial charge in [0, 0.05) is 38.2 Å². The first kappa shape index (κ1) is 35.5. The van der Waals surface area contributed by atoms with Gasteiger partial charge < -0.3 is 4.42 Å². The number of hydrogen-bond donors (Lipinski definition) is 0. The SMILES string of the molecule is c1ccc(-c2ccc(-c3ccc(-c4nc(-c5ccccc5)nc(-n5c6ccccc6c6cc(-c7cc(-c8ccccc8)c8oc9ccccc9c8c7)ccc65)n4)cc3)cc2)cc1. The lowest BCUT2D eigenvalue weighted by molar-refractivity contribution is 0.670. The number of furan rings is 1. The maximum Gasteiger partial charge on any atom is 0.238 e. The molecule has 62 heavy (non-hydrogen) atoms. The molecule has 0 aliphatic carbocycles. The lowest BCUT2D eigenvalue weighted by atomic mass is 9.95. The summed E-state index contributed by atoms with van der Waals surface area (Å²) in [5, 5.41) is 4.43. The highest BCUT2D eigenvalue weighted by molar-refractivity contribution is 6.13. The van der Waals surface area contributed by atoms with Crippen molar-refractivity contribution in [2.45, 2.75) is 0 Å². The van der Waals surface area contributed by atoms with Crippen molar-refractivity contribution in [3.63, 3.8) is 0 Å². The summed E-state index contributed by atoms with van der Waals surface area (Å²) >= 11 is 0. The maximum absolute atomic E-state index is 6.51. The van der Waals surface area contributed by atoms with E-state index in [-0.39, 0.29) is 0 Å². The van der Waals surface area contributed by atoms with Crippen molar-refractivity contribution < 1.29 is 4.42 Å². The topological polar surface area (TPSA) is 56.7 Å². The molecular weight excluding hydrogens is 757 g/mol. The summed E-state index contributed by atoms with van der Waals surface area (Å²) in [5.74, 6) is 1.78. The minimum Gasteiger partial charge on any atom is -0.455 e. The molecular formula is C57H36N4O. The fourth-order valence-electron chi connectivity index (χ4n) is 8.80. The average Bonchev–Trinajstić information content (AvgIpc) is 3.90. The Bertz CT molecular complexity index is 3590. The van der Waals surface area contributed by atoms with Gasteiger partial charge in [0.2, 0.25) is 5.95 Å². The van der Waals surface area contributed by atoms with Gasteiger partial charge in [0.1, 0.15) is 11.2 Å². The number of benzene rings is 9. The van der Waals surface area contributed by atoms with Crippen molar-refractivity contribution >= 4 is 43.7 Å². The third-order valence-electron chi connectivity index (χ3n) is 11.9. The molecule has 12 rings (SSSR count). The summed E-state index contributed by atoms with van der Waals surface area (Å²) in [6, 6.07) is 76.4. The zero-order valence-corrected chi connectivity index (χ0v) is 33.5. The second kappa shape index (κ2) is 14.7. The Balaban J connectivity index is 0.989. The standard InChI is InChI=1S/C57H36N4O/c1-4-14-37(15-5-1)38-24-26-39(27-25-38)40-28-30-43(31-29-40)56-58-55(42-18-8-3-9-19-42)59-57(60-56)61-51-22-12-10-20-46(51)49-34-44(32-33-52(49)61)45-35-48(41-16-6-2-7-17-41)54-50(36-45)47-21-11-13-23-53(47)62-54/h1-36H. The molecule has 0 unspecified atom stereocenters. The molecule has 0 amide bonds. The molecule has 9 aromatic carbocycles. The molecule has 0 fully saturated rings. The highest BCUT2D eigenvalue weighted by atomic mass is 16.3. The smallest absolute Gasteiger partial charge is 0.238 e. The molecule has 12 aromatic rings. The molecule has 5 heteroatoms. The van der Waals surface area contributed by atoms with Gasteiger partial charge in [0.05, 0.1) is 11.0 Å². The van der Waals surface area contributed by atoms with Crippen LogP contribution in [0.25, 0.3) is 117 Å². The minimum absolute atomic E-state index is 0.561. The second-order valence-corrected chi connectivity index (χ2v) is 15.6. The number of aromatic nitrogens is 4. The number of hydrogen-bond acceptors (Lipinski definition) is 4. The van der Waals surface area contributed by atoms with Gasteiger partial charge >= 0.3 is 0 Å². The summed E-state index contributed by atoms with van der Waals surface area (Å²) in [7, 11) is 0. The van der Waals surface area contributed by atoms with Crippen LogP contribution in [0.5, 0.6) is 0 Å². The normalized spacial score (nSPS) is 11.5. The van der Waals surface area contributed by atoms with Gasteiger partial charge in [-0.15, -0.1) is 0 Å². The molecule has 0 saturated carbocycles. The first-order valence-electron chi connectivity index (χ1n) is 20.8. The van der Waals surface area contributed by atoms with Gasteiger partial charge in [-0.05, 0) is 75.3 Å². The largest absolute Gasteiger partial charge is 0.455 e. The third-order valence-corrected chi connectivity index (χ3v) is 11.9. The Morgan fingerprint density at radius 3 is 1.44 bits per heavy atom. The van der Waals surface area contributed by atoms with Gasteiger partial charge in [-0.2, -0.15) is 9.97 Å². The van der Waals surface area contributed by atoms with Crippen LogP contribution < -0.4 is 0 Å². The average molecular weight is 793 g/mol. The van der Waals surface area contributed by atoms with Crippen LogP contribution in [0.4, 0.5) is 0 Å². The molecule has 5 nitrogen and oxygen atoms in total. The fraction of sp³-hybridized carbons (Fsp3) is 0. The van der Waals surface area contributed by atoms with Crippen LogP contribution in [0, 0.1) is 0 Å². The van der Waals surface area contributed by atoms with Crippen LogP contribution >= 0.6 is 0 Å². The van der Waals surface area contributed by atoms with Crippen LogP contribution in [0.2, 0.25) is 0 Å². The van der Waals surface area contributed by atoms with E-state index in [2.05, 4.69) is 168 Å². The molecule has 0 N–H and O–H groups in total. The van der Waals surface area contributed by atoms with E-state index in [0.29, 0.717) is 17.6 Å². The molecule has 3 aromatic heterocycles. The third kappa shape index (κ3) is 6.14. The molecule has 0 atom stereocenters. The Morgan fingerprint density at radius 1 is 0.306 bits per heavy atom. The molecule has 0 aliphatic rings. The first-order chi connectivity index (χ1) is 30.7. The van der Waals surface area contributed by atoms with E-state index >= 15 is 0 Å². The van der Waals surface area contributed by atoms with Crippen molar-refractivity contribution in [2.75, 3.05) is 0 Å². The predicted molar refractivity (Wildman–Crippen MR) is 254 cm³/mol. The summed E-state index contributed by atoms with van der Waals surface area (Å²) < 4.78 is 8.69. The van der Waals surface area contributed by atoms with Crippen molar-refractivity contribution in [3.05, 3.63) is 218 Å². The van der Waals surface area contributed by atoms with E-state index < -0.39 is 0 Å². The Morgan fingerprint density at radius 2 is 0.774 bits per heavy atom. The Kier molecular flexibility index (Phi) is 8.42. The molecule has 3 heterocycles. The highest BCUT2D eigenvalue weighted by Gasteiger charge is 2.20. The van der Waals surface area contributed by atoms with Crippen LogP contribution in [-0.2, 0) is 0 Å². The van der Waals surface area contributed by atoms with Gasteiger partial charge in [-0.3, -0.25) is 4.57 Å². The molecule has 0 aliphatic heterocycles. The minimum atomic E-state index is 0.561. The number of fused-ring (bicyclic) bond motifs is 6. The number of rotatable bonds is 7. The number of para-hydroxylation sites is 2. The summed E-state index contributed by atoms with van der Waals surface area (Å²) in [5.41, 5.74) is 14.7. The lowest BCUT2D eigenvalue weighted by Crippen LogP contribution is -2.06. The number of nitrogens with zero attached hydrogens (tertiary/aromatic N) is 4. The summed E-state index contributed by atoms with van der Waals surface area (Å²) in [6.45, 7) is 0. The maximum atomic E-state index is 6.51. The van der Waals surface area contributed by atoms with E-state index in [1.165, 1.54) is 11.1 Å². The van der Waals surface area contributed by atoms with Crippen molar-refractivity contribution in [1.29, 1.82) is 0 Å². The zero-order chi connectivity index (χ0) is 41.0. The Labute approximate surface area is 357 Å². The zero-order valence-electron chi connectivity index (χ0n) is 33.5. The summed E-state index contributed by atoms with van der Waals surface area (Å²) in [4.78, 5) is 15.5. The summed E-state index contributed by atoms with van der Waals surface area (Å²) in [6.07, 6.45) is 0. The van der Waals surface area contributed by atoms with Crippen molar-refractivity contribution in [2.24, 2.45) is 0 Å². The van der Waals surface area contributed by atoms with Crippen molar-refractivity contribution in [3.8, 4) is 73.2 Å². The van der Waals surface area contributed by atoms with Crippen LogP contribution in [0.15, 0.2) is 223 Å². The van der Waals surface area contributed by atoms with Gasteiger partial charge in [-0.25, -0.2) is 4.98 Å². The molecule has 0 saturated heterocycles. The fourth-order valence-corrected chi connectivity index (χ4v) is 8.80. The predicted octanol–water partition coefficient (Wildman–Crippen LogP) is 14.9. The van der Waals surface area contributed by atoms with E-state index in [1.54, 1.807) is 0 Å². The molecule has 0 bridgehead atoms. The van der Waals surface area contributed by atoms with E-state index in [9.17, 15) is 0 Å². The Hall–Kier alpha value is -8.41. The lowest BCUT2D eigenvalue weighted by Gasteiger charge is -2.12. The van der Waals surface area contributed by atoms with Crippen LogP contribution in [-0.4, -0.2) is 19.5 Å². The quantitative estimate of drug-likeness (QED) is 0.161.